The summed E-state index contributed by atoms with van der Waals surface area (Å²) >= 11 is 0. The molecule has 1 aromatic heterocycles. The molecular formula is C22H22N2O. The van der Waals surface area contributed by atoms with Gasteiger partial charge >= 0.3 is 0 Å². The minimum Gasteiger partial charge on any atom is -0.341 e. The van der Waals surface area contributed by atoms with Gasteiger partial charge in [-0.2, -0.15) is 0 Å². The second kappa shape index (κ2) is 7.31. The fourth-order valence-corrected chi connectivity index (χ4v) is 2.89. The second-order valence-corrected chi connectivity index (χ2v) is 6.35. The Kier molecular flexibility index (Phi) is 4.94. The van der Waals surface area contributed by atoms with Crippen molar-refractivity contribution in [3.05, 3.63) is 100 Å². The highest BCUT2D eigenvalue weighted by atomic mass is 16.1. The number of nitrogens with zero attached hydrogens (tertiary/aromatic N) is 1. The van der Waals surface area contributed by atoms with E-state index < -0.39 is 0 Å². The molecule has 0 spiro atoms. The number of carbonyl (C=O) groups is 1. The summed E-state index contributed by atoms with van der Waals surface area (Å²) in [5.41, 5.74) is 6.12. The smallest absolute Gasteiger partial charge is 0.252 e. The van der Waals surface area contributed by atoms with E-state index >= 15 is 0 Å². The number of hydrogen-bond acceptors (Lipinski definition) is 2. The summed E-state index contributed by atoms with van der Waals surface area (Å²) in [7, 11) is 0. The fourth-order valence-electron chi connectivity index (χ4n) is 2.89. The third-order valence-electron chi connectivity index (χ3n) is 4.55. The average molecular weight is 330 g/mol. The molecule has 0 bridgehead atoms. The standard InChI is InChI=1S/C22H22N2O/c1-15-10-11-18(13-17(15)3)21(19-8-6-12-23-14-19)24-22(25)20-9-5-4-7-16(20)2/h4-14,21H,1-3H3,(H,24,25)/t21-/m0/s1. The Morgan fingerprint density at radius 1 is 0.880 bits per heavy atom. The molecule has 1 heterocycles. The van der Waals surface area contributed by atoms with Gasteiger partial charge in [-0.1, -0.05) is 42.5 Å². The molecule has 0 unspecified atom stereocenters. The number of amides is 1. The van der Waals surface area contributed by atoms with Gasteiger partial charge in [0.1, 0.15) is 0 Å². The minimum atomic E-state index is -0.236. The number of nitrogens with one attached hydrogen (secondary N) is 1. The Morgan fingerprint density at radius 3 is 2.36 bits per heavy atom. The van der Waals surface area contributed by atoms with Gasteiger partial charge in [-0.25, -0.2) is 0 Å². The lowest BCUT2D eigenvalue weighted by atomic mass is 9.96. The van der Waals surface area contributed by atoms with Gasteiger partial charge in [0.2, 0.25) is 0 Å². The number of rotatable bonds is 4. The van der Waals surface area contributed by atoms with Gasteiger partial charge in [0, 0.05) is 18.0 Å². The Hall–Kier alpha value is -2.94. The topological polar surface area (TPSA) is 42.0 Å². The highest BCUT2D eigenvalue weighted by Crippen LogP contribution is 2.24. The zero-order chi connectivity index (χ0) is 17.8. The van der Waals surface area contributed by atoms with Crippen molar-refractivity contribution >= 4 is 5.91 Å². The Morgan fingerprint density at radius 2 is 1.68 bits per heavy atom. The highest BCUT2D eigenvalue weighted by Gasteiger charge is 2.19. The van der Waals surface area contributed by atoms with Crippen molar-refractivity contribution in [3.63, 3.8) is 0 Å². The molecular weight excluding hydrogens is 308 g/mol. The zero-order valence-corrected chi connectivity index (χ0v) is 14.8. The maximum atomic E-state index is 12.8. The Labute approximate surface area is 148 Å². The largest absolute Gasteiger partial charge is 0.341 e. The molecule has 2 aromatic carbocycles. The van der Waals surface area contributed by atoms with E-state index in [1.807, 2.05) is 43.3 Å². The molecule has 3 heteroatoms. The first-order chi connectivity index (χ1) is 12.1. The van der Waals surface area contributed by atoms with Crippen LogP contribution in [-0.2, 0) is 0 Å². The van der Waals surface area contributed by atoms with E-state index in [0.29, 0.717) is 5.56 Å². The van der Waals surface area contributed by atoms with E-state index in [2.05, 4.69) is 42.3 Å². The molecule has 0 aliphatic rings. The number of pyridine rings is 1. The first-order valence-electron chi connectivity index (χ1n) is 8.40. The molecule has 0 fully saturated rings. The van der Waals surface area contributed by atoms with Crippen molar-refractivity contribution in [1.29, 1.82) is 0 Å². The summed E-state index contributed by atoms with van der Waals surface area (Å²) in [5, 5.41) is 3.17. The van der Waals surface area contributed by atoms with Crippen molar-refractivity contribution in [2.24, 2.45) is 0 Å². The quantitative estimate of drug-likeness (QED) is 0.764. The molecule has 0 radical (unpaired) electrons. The molecule has 3 rings (SSSR count). The van der Waals surface area contributed by atoms with Gasteiger partial charge in [-0.05, 0) is 60.7 Å². The molecule has 0 aliphatic heterocycles. The number of benzene rings is 2. The number of hydrogen-bond donors (Lipinski definition) is 1. The van der Waals surface area contributed by atoms with Gasteiger partial charge in [0.05, 0.1) is 6.04 Å². The molecule has 0 aliphatic carbocycles. The molecule has 1 N–H and O–H groups in total. The number of aromatic nitrogens is 1. The van der Waals surface area contributed by atoms with Crippen LogP contribution in [0.1, 0.15) is 44.2 Å². The molecule has 126 valence electrons. The first kappa shape index (κ1) is 16.9. The number of carbonyl (C=O) groups excluding carboxylic acids is 1. The van der Waals surface area contributed by atoms with Crippen LogP contribution in [0.3, 0.4) is 0 Å². The Balaban J connectivity index is 1.99. The van der Waals surface area contributed by atoms with Crippen LogP contribution in [0.4, 0.5) is 0 Å². The SMILES string of the molecule is Cc1ccc([C@H](NC(=O)c2ccccc2C)c2cccnc2)cc1C. The lowest BCUT2D eigenvalue weighted by Crippen LogP contribution is -2.30. The molecule has 3 aromatic rings. The highest BCUT2D eigenvalue weighted by molar-refractivity contribution is 5.96. The second-order valence-electron chi connectivity index (χ2n) is 6.35. The lowest BCUT2D eigenvalue weighted by Gasteiger charge is -2.21. The van der Waals surface area contributed by atoms with Crippen molar-refractivity contribution in [3.8, 4) is 0 Å². The van der Waals surface area contributed by atoms with Gasteiger partial charge < -0.3 is 5.32 Å². The summed E-state index contributed by atoms with van der Waals surface area (Å²) in [4.78, 5) is 17.1. The fraction of sp³-hybridized carbons (Fsp3) is 0.182. The molecule has 0 saturated heterocycles. The summed E-state index contributed by atoms with van der Waals surface area (Å²) in [6, 6.07) is 17.6. The Bertz CT molecular complexity index is 888. The van der Waals surface area contributed by atoms with E-state index in [4.69, 9.17) is 0 Å². The molecule has 3 nitrogen and oxygen atoms in total. The summed E-state index contributed by atoms with van der Waals surface area (Å²) in [6.07, 6.45) is 3.54. The van der Waals surface area contributed by atoms with Gasteiger partial charge in [0.25, 0.3) is 5.91 Å². The molecule has 25 heavy (non-hydrogen) atoms. The monoisotopic (exact) mass is 330 g/mol. The first-order valence-corrected chi connectivity index (χ1v) is 8.40. The van der Waals surface area contributed by atoms with Crippen molar-refractivity contribution in [2.75, 3.05) is 0 Å². The predicted molar refractivity (Wildman–Crippen MR) is 101 cm³/mol. The van der Waals surface area contributed by atoms with Crippen LogP contribution >= 0.6 is 0 Å². The van der Waals surface area contributed by atoms with Crippen LogP contribution in [0, 0.1) is 20.8 Å². The van der Waals surface area contributed by atoms with Crippen molar-refractivity contribution in [1.82, 2.24) is 10.3 Å². The predicted octanol–water partition coefficient (Wildman–Crippen LogP) is 4.53. The van der Waals surface area contributed by atoms with Crippen LogP contribution in [0.5, 0.6) is 0 Å². The van der Waals surface area contributed by atoms with E-state index in [0.717, 1.165) is 16.7 Å². The van der Waals surface area contributed by atoms with E-state index in [1.54, 1.807) is 12.4 Å². The van der Waals surface area contributed by atoms with E-state index in [1.165, 1.54) is 11.1 Å². The van der Waals surface area contributed by atoms with Gasteiger partial charge in [0.15, 0.2) is 0 Å². The normalized spacial score (nSPS) is 11.8. The van der Waals surface area contributed by atoms with Gasteiger partial charge in [-0.3, -0.25) is 9.78 Å². The van der Waals surface area contributed by atoms with Gasteiger partial charge in [-0.15, -0.1) is 0 Å². The third kappa shape index (κ3) is 3.77. The van der Waals surface area contributed by atoms with Crippen LogP contribution in [0.2, 0.25) is 0 Å². The lowest BCUT2D eigenvalue weighted by molar-refractivity contribution is 0.0942. The van der Waals surface area contributed by atoms with Crippen LogP contribution in [0.15, 0.2) is 67.0 Å². The summed E-state index contributed by atoms with van der Waals surface area (Å²) < 4.78 is 0. The zero-order valence-electron chi connectivity index (χ0n) is 14.8. The average Bonchev–Trinajstić information content (AvgIpc) is 2.63. The van der Waals surface area contributed by atoms with Crippen molar-refractivity contribution < 1.29 is 4.79 Å². The van der Waals surface area contributed by atoms with Crippen molar-refractivity contribution in [2.45, 2.75) is 26.8 Å². The molecule has 1 atom stereocenters. The minimum absolute atomic E-state index is 0.0785. The maximum Gasteiger partial charge on any atom is 0.252 e. The summed E-state index contributed by atoms with van der Waals surface area (Å²) in [6.45, 7) is 6.12. The van der Waals surface area contributed by atoms with Crippen LogP contribution in [0.25, 0.3) is 0 Å². The molecule has 1 amide bonds. The van der Waals surface area contributed by atoms with E-state index in [-0.39, 0.29) is 11.9 Å². The van der Waals surface area contributed by atoms with E-state index in [9.17, 15) is 4.79 Å². The molecule has 0 saturated carbocycles. The summed E-state index contributed by atoms with van der Waals surface area (Å²) in [5.74, 6) is -0.0785. The van der Waals surface area contributed by atoms with Crippen LogP contribution in [-0.4, -0.2) is 10.9 Å². The van der Waals surface area contributed by atoms with Crippen LogP contribution < -0.4 is 5.32 Å². The maximum absolute atomic E-state index is 12.8. The third-order valence-corrected chi connectivity index (χ3v) is 4.55. The number of aryl methyl sites for hydroxylation is 3.